The SMILES string of the molecule is COc1cc(Bc2cc(F)cc(F)c2C)c(F)cc1F. The zero-order valence-electron chi connectivity index (χ0n) is 10.9. The molecule has 104 valence electrons. The van der Waals surface area contributed by atoms with E-state index in [-0.39, 0.29) is 24.1 Å². The van der Waals surface area contributed by atoms with Crippen molar-refractivity contribution < 1.29 is 22.3 Å². The molecular formula is C14H11BF4O. The lowest BCUT2D eigenvalue weighted by molar-refractivity contribution is 0.385. The molecule has 0 amide bonds. The van der Waals surface area contributed by atoms with E-state index in [1.54, 1.807) is 0 Å². The summed E-state index contributed by atoms with van der Waals surface area (Å²) in [5.41, 5.74) is 0.639. The molecule has 2 aromatic carbocycles. The smallest absolute Gasteiger partial charge is 0.196 e. The fourth-order valence-electron chi connectivity index (χ4n) is 1.95. The third-order valence-corrected chi connectivity index (χ3v) is 3.12. The van der Waals surface area contributed by atoms with Gasteiger partial charge in [-0.1, -0.05) is 5.46 Å². The highest BCUT2D eigenvalue weighted by Gasteiger charge is 2.15. The minimum atomic E-state index is -0.823. The van der Waals surface area contributed by atoms with E-state index in [0.717, 1.165) is 12.1 Å². The first-order valence-electron chi connectivity index (χ1n) is 5.88. The van der Waals surface area contributed by atoms with Gasteiger partial charge in [0.15, 0.2) is 18.8 Å². The second kappa shape index (κ2) is 5.57. The van der Waals surface area contributed by atoms with Gasteiger partial charge in [0.1, 0.15) is 17.5 Å². The van der Waals surface area contributed by atoms with Crippen molar-refractivity contribution in [3.63, 3.8) is 0 Å². The Morgan fingerprint density at radius 1 is 0.850 bits per heavy atom. The summed E-state index contributed by atoms with van der Waals surface area (Å²) in [6.07, 6.45) is 0. The van der Waals surface area contributed by atoms with E-state index in [9.17, 15) is 17.6 Å². The fraction of sp³-hybridized carbons (Fsp3) is 0.143. The van der Waals surface area contributed by atoms with Crippen molar-refractivity contribution >= 4 is 18.2 Å². The molecule has 0 radical (unpaired) electrons. The van der Waals surface area contributed by atoms with E-state index in [4.69, 9.17) is 4.74 Å². The molecule has 0 fully saturated rings. The molecule has 0 aliphatic rings. The van der Waals surface area contributed by atoms with Crippen LogP contribution in [0.15, 0.2) is 24.3 Å². The lowest BCUT2D eigenvalue weighted by Crippen LogP contribution is -2.32. The quantitative estimate of drug-likeness (QED) is 0.617. The van der Waals surface area contributed by atoms with Crippen LogP contribution in [0.4, 0.5) is 17.6 Å². The lowest BCUT2D eigenvalue weighted by atomic mass is 9.62. The maximum Gasteiger partial charge on any atom is 0.196 e. The van der Waals surface area contributed by atoms with Gasteiger partial charge in [-0.25, -0.2) is 17.6 Å². The molecule has 0 heterocycles. The van der Waals surface area contributed by atoms with Crippen LogP contribution in [0.3, 0.4) is 0 Å². The number of hydrogen-bond donors (Lipinski definition) is 0. The van der Waals surface area contributed by atoms with Crippen LogP contribution in [0, 0.1) is 30.2 Å². The molecule has 0 N–H and O–H groups in total. The van der Waals surface area contributed by atoms with Crippen LogP contribution in [0.2, 0.25) is 0 Å². The minimum absolute atomic E-state index is 0.0526. The van der Waals surface area contributed by atoms with Gasteiger partial charge in [-0.15, -0.1) is 0 Å². The predicted octanol–water partition coefficient (Wildman–Crippen LogP) is 1.95. The van der Waals surface area contributed by atoms with Gasteiger partial charge in [-0.3, -0.25) is 0 Å². The summed E-state index contributed by atoms with van der Waals surface area (Å²) in [6.45, 7) is 1.47. The van der Waals surface area contributed by atoms with Gasteiger partial charge in [0.05, 0.1) is 7.11 Å². The van der Waals surface area contributed by atoms with Crippen molar-refractivity contribution in [2.75, 3.05) is 7.11 Å². The predicted molar refractivity (Wildman–Crippen MR) is 70.4 cm³/mol. The molecule has 0 atom stereocenters. The highest BCUT2D eigenvalue weighted by molar-refractivity contribution is 6.67. The Kier molecular flexibility index (Phi) is 4.02. The van der Waals surface area contributed by atoms with Gasteiger partial charge in [0, 0.05) is 12.1 Å². The standard InChI is InChI=1S/C14H11BF4O/c1-7-9(3-8(16)4-11(7)17)15-10-5-14(20-2)13(19)6-12(10)18/h3-6,15H,1-2H3. The van der Waals surface area contributed by atoms with Gasteiger partial charge >= 0.3 is 0 Å². The average Bonchev–Trinajstić information content (AvgIpc) is 2.38. The zero-order valence-corrected chi connectivity index (χ0v) is 10.9. The highest BCUT2D eigenvalue weighted by atomic mass is 19.1. The third-order valence-electron chi connectivity index (χ3n) is 3.12. The Bertz CT molecular complexity index is 658. The molecular weight excluding hydrogens is 271 g/mol. The largest absolute Gasteiger partial charge is 0.494 e. The van der Waals surface area contributed by atoms with Crippen molar-refractivity contribution in [3.05, 3.63) is 53.1 Å². The van der Waals surface area contributed by atoms with Crippen LogP contribution in [0.5, 0.6) is 5.75 Å². The van der Waals surface area contributed by atoms with Crippen molar-refractivity contribution in [2.24, 2.45) is 0 Å². The lowest BCUT2D eigenvalue weighted by Gasteiger charge is -2.09. The normalized spacial score (nSPS) is 10.5. The van der Waals surface area contributed by atoms with Gasteiger partial charge in [0.2, 0.25) is 0 Å². The van der Waals surface area contributed by atoms with E-state index < -0.39 is 23.3 Å². The Morgan fingerprint density at radius 2 is 1.55 bits per heavy atom. The van der Waals surface area contributed by atoms with Crippen LogP contribution in [0.1, 0.15) is 5.56 Å². The Labute approximate surface area is 114 Å². The fourth-order valence-corrected chi connectivity index (χ4v) is 1.95. The average molecular weight is 282 g/mol. The molecule has 2 rings (SSSR count). The van der Waals surface area contributed by atoms with Crippen molar-refractivity contribution in [3.8, 4) is 5.75 Å². The number of ether oxygens (including phenoxy) is 1. The van der Waals surface area contributed by atoms with Gasteiger partial charge < -0.3 is 4.74 Å². The monoisotopic (exact) mass is 282 g/mol. The number of methoxy groups -OCH3 is 1. The molecule has 1 nitrogen and oxygen atoms in total. The van der Waals surface area contributed by atoms with Crippen molar-refractivity contribution in [2.45, 2.75) is 6.92 Å². The minimum Gasteiger partial charge on any atom is -0.494 e. The number of rotatable bonds is 3. The van der Waals surface area contributed by atoms with E-state index >= 15 is 0 Å². The summed E-state index contributed by atoms with van der Waals surface area (Å²) in [5.74, 6) is -3.16. The number of benzene rings is 2. The first-order valence-corrected chi connectivity index (χ1v) is 5.88. The second-order valence-electron chi connectivity index (χ2n) is 4.43. The van der Waals surface area contributed by atoms with Crippen molar-refractivity contribution in [1.29, 1.82) is 0 Å². The van der Waals surface area contributed by atoms with Crippen LogP contribution >= 0.6 is 0 Å². The molecule has 0 aromatic heterocycles. The Balaban J connectivity index is 2.45. The Morgan fingerprint density at radius 3 is 2.20 bits per heavy atom. The third kappa shape index (κ3) is 2.79. The maximum atomic E-state index is 13.7. The van der Waals surface area contributed by atoms with Gasteiger partial charge in [0.25, 0.3) is 0 Å². The van der Waals surface area contributed by atoms with Gasteiger partial charge in [-0.2, -0.15) is 0 Å². The maximum absolute atomic E-state index is 13.7. The summed E-state index contributed by atoms with van der Waals surface area (Å²) in [4.78, 5) is 0. The molecule has 2 aromatic rings. The van der Waals surface area contributed by atoms with Crippen LogP contribution in [-0.4, -0.2) is 14.4 Å². The molecule has 0 aliphatic carbocycles. The van der Waals surface area contributed by atoms with E-state index in [1.165, 1.54) is 20.1 Å². The first-order chi connectivity index (χ1) is 9.42. The summed E-state index contributed by atoms with van der Waals surface area (Å²) in [6, 6.07) is 3.78. The van der Waals surface area contributed by atoms with Crippen molar-refractivity contribution in [1.82, 2.24) is 0 Å². The molecule has 6 heteroatoms. The summed E-state index contributed by atoms with van der Waals surface area (Å²) >= 11 is 0. The Hall–Kier alpha value is -1.98. The molecule has 0 unspecified atom stereocenters. The molecule has 0 saturated carbocycles. The zero-order chi connectivity index (χ0) is 14.9. The topological polar surface area (TPSA) is 9.23 Å². The highest BCUT2D eigenvalue weighted by Crippen LogP contribution is 2.15. The van der Waals surface area contributed by atoms with E-state index in [2.05, 4.69) is 0 Å². The van der Waals surface area contributed by atoms with Crippen LogP contribution in [0.25, 0.3) is 0 Å². The summed E-state index contributed by atoms with van der Waals surface area (Å²) in [7, 11) is 1.20. The molecule has 0 bridgehead atoms. The molecule has 0 saturated heterocycles. The first kappa shape index (κ1) is 14.4. The summed E-state index contributed by atoms with van der Waals surface area (Å²) in [5, 5.41) is 0. The number of hydrogen-bond acceptors (Lipinski definition) is 1. The molecule has 0 aliphatic heterocycles. The van der Waals surface area contributed by atoms with Crippen LogP contribution in [-0.2, 0) is 0 Å². The molecule has 0 spiro atoms. The van der Waals surface area contributed by atoms with E-state index in [1.807, 2.05) is 0 Å². The van der Waals surface area contributed by atoms with E-state index in [0.29, 0.717) is 11.5 Å². The molecule has 20 heavy (non-hydrogen) atoms. The summed E-state index contributed by atoms with van der Waals surface area (Å²) < 4.78 is 58.4. The number of halogens is 4. The van der Waals surface area contributed by atoms with Gasteiger partial charge in [-0.05, 0) is 30.1 Å². The van der Waals surface area contributed by atoms with Crippen LogP contribution < -0.4 is 15.7 Å². The second-order valence-corrected chi connectivity index (χ2v) is 4.43.